The van der Waals surface area contributed by atoms with Gasteiger partial charge in [0.25, 0.3) is 0 Å². The Labute approximate surface area is 112 Å². The van der Waals surface area contributed by atoms with Crippen molar-refractivity contribution in [2.75, 3.05) is 0 Å². The highest BCUT2D eigenvalue weighted by molar-refractivity contribution is 9.10. The van der Waals surface area contributed by atoms with Crippen LogP contribution in [0.3, 0.4) is 0 Å². The lowest BCUT2D eigenvalue weighted by molar-refractivity contribution is 0.131. The molecule has 0 heterocycles. The number of aliphatic hydroxyl groups excluding tert-OH is 1. The van der Waals surface area contributed by atoms with Gasteiger partial charge in [-0.05, 0) is 42.5 Å². The highest BCUT2D eigenvalue weighted by Crippen LogP contribution is 2.33. The van der Waals surface area contributed by atoms with Gasteiger partial charge in [-0.1, -0.05) is 54.1 Å². The summed E-state index contributed by atoms with van der Waals surface area (Å²) >= 11 is 3.46. The van der Waals surface area contributed by atoms with Gasteiger partial charge >= 0.3 is 0 Å². The molecule has 1 aromatic rings. The number of aliphatic hydroxyl groups is 1. The molecule has 1 saturated carbocycles. The van der Waals surface area contributed by atoms with E-state index in [0.29, 0.717) is 0 Å². The SMILES string of the molecule is Cc1cc(Br)ccc1C(O)CC1CCCCC1. The zero-order valence-electron chi connectivity index (χ0n) is 10.5. The second kappa shape index (κ2) is 6.01. The van der Waals surface area contributed by atoms with Crippen LogP contribution in [0.2, 0.25) is 0 Å². The minimum Gasteiger partial charge on any atom is -0.388 e. The van der Waals surface area contributed by atoms with E-state index in [1.165, 1.54) is 37.7 Å². The van der Waals surface area contributed by atoms with E-state index in [1.807, 2.05) is 12.1 Å². The fraction of sp³-hybridized carbons (Fsp3) is 0.600. The maximum atomic E-state index is 10.3. The molecule has 1 atom stereocenters. The Bertz CT molecular complexity index is 369. The summed E-state index contributed by atoms with van der Waals surface area (Å²) in [6.07, 6.45) is 7.31. The van der Waals surface area contributed by atoms with E-state index in [2.05, 4.69) is 28.9 Å². The second-order valence-corrected chi connectivity index (χ2v) is 6.17. The van der Waals surface area contributed by atoms with Crippen molar-refractivity contribution >= 4 is 15.9 Å². The number of hydrogen-bond donors (Lipinski definition) is 1. The minimum absolute atomic E-state index is 0.286. The van der Waals surface area contributed by atoms with Crippen molar-refractivity contribution in [3.05, 3.63) is 33.8 Å². The molecule has 1 aromatic carbocycles. The van der Waals surface area contributed by atoms with Gasteiger partial charge in [-0.15, -0.1) is 0 Å². The van der Waals surface area contributed by atoms with E-state index in [4.69, 9.17) is 0 Å². The van der Waals surface area contributed by atoms with E-state index in [1.54, 1.807) is 0 Å². The first-order valence-corrected chi connectivity index (χ1v) is 7.40. The first-order chi connectivity index (χ1) is 8.16. The number of benzene rings is 1. The Morgan fingerprint density at radius 3 is 2.65 bits per heavy atom. The van der Waals surface area contributed by atoms with Crippen molar-refractivity contribution in [2.45, 2.75) is 51.6 Å². The smallest absolute Gasteiger partial charge is 0.0795 e. The largest absolute Gasteiger partial charge is 0.388 e. The predicted octanol–water partition coefficient (Wildman–Crippen LogP) is 4.76. The second-order valence-electron chi connectivity index (χ2n) is 5.26. The van der Waals surface area contributed by atoms with Crippen LogP contribution in [0.4, 0.5) is 0 Å². The molecular formula is C15H21BrO. The maximum absolute atomic E-state index is 10.3. The van der Waals surface area contributed by atoms with Gasteiger partial charge in [-0.25, -0.2) is 0 Å². The van der Waals surface area contributed by atoms with Crippen LogP contribution in [0.25, 0.3) is 0 Å². The third-order valence-electron chi connectivity index (χ3n) is 3.87. The molecular weight excluding hydrogens is 276 g/mol. The third-order valence-corrected chi connectivity index (χ3v) is 4.37. The Morgan fingerprint density at radius 2 is 2.00 bits per heavy atom. The van der Waals surface area contributed by atoms with Crippen molar-refractivity contribution in [1.29, 1.82) is 0 Å². The number of hydrogen-bond acceptors (Lipinski definition) is 1. The average molecular weight is 297 g/mol. The number of rotatable bonds is 3. The van der Waals surface area contributed by atoms with Gasteiger partial charge in [0.1, 0.15) is 0 Å². The quantitative estimate of drug-likeness (QED) is 0.852. The summed E-state index contributed by atoms with van der Waals surface area (Å²) in [7, 11) is 0. The molecule has 2 rings (SSSR count). The zero-order valence-corrected chi connectivity index (χ0v) is 12.0. The number of aryl methyl sites for hydroxylation is 1. The highest BCUT2D eigenvalue weighted by Gasteiger charge is 2.19. The van der Waals surface area contributed by atoms with Crippen molar-refractivity contribution in [3.63, 3.8) is 0 Å². The monoisotopic (exact) mass is 296 g/mol. The molecule has 1 aliphatic rings. The normalized spacial score (nSPS) is 19.2. The van der Waals surface area contributed by atoms with Crippen molar-refractivity contribution in [3.8, 4) is 0 Å². The van der Waals surface area contributed by atoms with Crippen LogP contribution in [0, 0.1) is 12.8 Å². The summed E-state index contributed by atoms with van der Waals surface area (Å²) in [5.74, 6) is 0.724. The third kappa shape index (κ3) is 3.56. The molecule has 0 spiro atoms. The summed E-state index contributed by atoms with van der Waals surface area (Å²) in [6, 6.07) is 6.15. The summed E-state index contributed by atoms with van der Waals surface area (Å²) in [5.41, 5.74) is 2.28. The minimum atomic E-state index is -0.286. The lowest BCUT2D eigenvalue weighted by Gasteiger charge is -2.24. The summed E-state index contributed by atoms with van der Waals surface area (Å²) in [6.45, 7) is 2.07. The first kappa shape index (κ1) is 13.1. The number of halogens is 1. The fourth-order valence-corrected chi connectivity index (χ4v) is 3.35. The van der Waals surface area contributed by atoms with Gasteiger partial charge in [0, 0.05) is 4.47 Å². The van der Waals surface area contributed by atoms with Crippen LogP contribution in [-0.2, 0) is 0 Å². The van der Waals surface area contributed by atoms with Crippen LogP contribution < -0.4 is 0 Å². The first-order valence-electron chi connectivity index (χ1n) is 6.61. The van der Waals surface area contributed by atoms with Crippen LogP contribution in [0.15, 0.2) is 22.7 Å². The Hall–Kier alpha value is -0.340. The lowest BCUT2D eigenvalue weighted by Crippen LogP contribution is -2.11. The predicted molar refractivity (Wildman–Crippen MR) is 75.0 cm³/mol. The van der Waals surface area contributed by atoms with Gasteiger partial charge in [0.2, 0.25) is 0 Å². The molecule has 0 bridgehead atoms. The average Bonchev–Trinajstić information content (AvgIpc) is 2.30. The molecule has 1 unspecified atom stereocenters. The van der Waals surface area contributed by atoms with Crippen molar-refractivity contribution in [2.24, 2.45) is 5.92 Å². The molecule has 1 aliphatic carbocycles. The van der Waals surface area contributed by atoms with E-state index < -0.39 is 0 Å². The van der Waals surface area contributed by atoms with Crippen molar-refractivity contribution < 1.29 is 5.11 Å². The molecule has 1 N–H and O–H groups in total. The Balaban J connectivity index is 2.00. The van der Waals surface area contributed by atoms with E-state index >= 15 is 0 Å². The molecule has 94 valence electrons. The zero-order chi connectivity index (χ0) is 12.3. The summed E-state index contributed by atoms with van der Waals surface area (Å²) in [4.78, 5) is 0. The molecule has 0 aliphatic heterocycles. The van der Waals surface area contributed by atoms with E-state index in [9.17, 15) is 5.11 Å². The van der Waals surface area contributed by atoms with Gasteiger partial charge < -0.3 is 5.11 Å². The summed E-state index contributed by atoms with van der Waals surface area (Å²) < 4.78 is 1.09. The van der Waals surface area contributed by atoms with Gasteiger partial charge in [-0.3, -0.25) is 0 Å². The van der Waals surface area contributed by atoms with Crippen LogP contribution >= 0.6 is 15.9 Å². The molecule has 0 saturated heterocycles. The molecule has 1 fully saturated rings. The molecule has 0 aromatic heterocycles. The lowest BCUT2D eigenvalue weighted by atomic mass is 9.83. The fourth-order valence-electron chi connectivity index (χ4n) is 2.88. The van der Waals surface area contributed by atoms with Crippen LogP contribution in [0.1, 0.15) is 55.8 Å². The van der Waals surface area contributed by atoms with Crippen LogP contribution in [-0.4, -0.2) is 5.11 Å². The Kier molecular flexibility index (Phi) is 4.63. The molecule has 0 amide bonds. The molecule has 17 heavy (non-hydrogen) atoms. The standard InChI is InChI=1S/C15H21BrO/c1-11-9-13(16)7-8-14(11)15(17)10-12-5-3-2-4-6-12/h7-9,12,15,17H,2-6,10H2,1H3. The maximum Gasteiger partial charge on any atom is 0.0795 e. The van der Waals surface area contributed by atoms with Gasteiger partial charge in [0.15, 0.2) is 0 Å². The topological polar surface area (TPSA) is 20.2 Å². The molecule has 0 radical (unpaired) electrons. The van der Waals surface area contributed by atoms with Gasteiger partial charge in [-0.2, -0.15) is 0 Å². The summed E-state index contributed by atoms with van der Waals surface area (Å²) in [5, 5.41) is 10.3. The molecule has 2 heteroatoms. The van der Waals surface area contributed by atoms with Crippen LogP contribution in [0.5, 0.6) is 0 Å². The van der Waals surface area contributed by atoms with Crippen molar-refractivity contribution in [1.82, 2.24) is 0 Å². The van der Waals surface area contributed by atoms with E-state index in [0.717, 1.165) is 22.4 Å². The highest BCUT2D eigenvalue weighted by atomic mass is 79.9. The Morgan fingerprint density at radius 1 is 1.29 bits per heavy atom. The molecule has 1 nitrogen and oxygen atoms in total. The van der Waals surface area contributed by atoms with E-state index in [-0.39, 0.29) is 6.10 Å². The van der Waals surface area contributed by atoms with Gasteiger partial charge in [0.05, 0.1) is 6.10 Å².